The van der Waals surface area contributed by atoms with Crippen LogP contribution in [0.3, 0.4) is 0 Å². The number of aromatic hydroxyl groups is 1. The third-order valence-electron chi connectivity index (χ3n) is 7.35. The minimum atomic E-state index is -0.585. The lowest BCUT2D eigenvalue weighted by molar-refractivity contribution is 0.0732. The van der Waals surface area contributed by atoms with Crippen molar-refractivity contribution in [2.75, 3.05) is 0 Å². The third kappa shape index (κ3) is 3.54. The Kier molecular flexibility index (Phi) is 5.42. The number of rotatable bonds is 4. The van der Waals surface area contributed by atoms with E-state index in [0.717, 1.165) is 22.3 Å². The average molecular weight is 483 g/mol. The molecule has 0 bridgehead atoms. The highest BCUT2D eigenvalue weighted by molar-refractivity contribution is 5.91. The number of benzene rings is 5. The maximum Gasteiger partial charge on any atom is 0.343 e. The summed E-state index contributed by atoms with van der Waals surface area (Å²) in [5, 5.41) is 10.1. The van der Waals surface area contributed by atoms with Gasteiger partial charge in [-0.05, 0) is 82.6 Å². The average Bonchev–Trinajstić information content (AvgIpc) is 3.23. The normalized spacial score (nSPS) is 13.0. The van der Waals surface area contributed by atoms with E-state index in [1.807, 2.05) is 44.2 Å². The van der Waals surface area contributed by atoms with Crippen molar-refractivity contribution in [3.05, 3.63) is 154 Å². The number of hydrogen-bond donors (Lipinski definition) is 1. The van der Waals surface area contributed by atoms with Gasteiger partial charge in [0.15, 0.2) is 0 Å². The summed E-state index contributed by atoms with van der Waals surface area (Å²) in [6.45, 7) is 3.97. The summed E-state index contributed by atoms with van der Waals surface area (Å²) in [5.41, 5.74) is 8.63. The molecule has 180 valence electrons. The van der Waals surface area contributed by atoms with Gasteiger partial charge in [-0.1, -0.05) is 91.0 Å². The molecule has 0 aromatic heterocycles. The molecule has 37 heavy (non-hydrogen) atoms. The van der Waals surface area contributed by atoms with E-state index in [2.05, 4.69) is 60.7 Å². The van der Waals surface area contributed by atoms with Crippen molar-refractivity contribution in [1.29, 1.82) is 0 Å². The predicted octanol–water partition coefficient (Wildman–Crippen LogP) is 7.59. The molecule has 1 aliphatic carbocycles. The summed E-state index contributed by atoms with van der Waals surface area (Å²) in [5.74, 6) is 0.441. The molecule has 0 amide bonds. The minimum absolute atomic E-state index is 0.231. The standard InChI is InChI=1S/C34H26O3/c1-22-20-26(21-23(2)32(22)37-33(36)24-10-4-3-5-11-24)34(25-16-18-27(35)19-17-25)30-14-8-6-12-28(30)29-13-7-9-15-31(29)34/h3-21,35H,1-2H3. The van der Waals surface area contributed by atoms with Crippen LogP contribution in [-0.4, -0.2) is 11.1 Å². The van der Waals surface area contributed by atoms with E-state index < -0.39 is 5.41 Å². The van der Waals surface area contributed by atoms with Crippen molar-refractivity contribution in [3.8, 4) is 22.6 Å². The molecule has 1 N–H and O–H groups in total. The molecule has 5 aromatic carbocycles. The predicted molar refractivity (Wildman–Crippen MR) is 146 cm³/mol. The van der Waals surface area contributed by atoms with Crippen LogP contribution in [0.4, 0.5) is 0 Å². The largest absolute Gasteiger partial charge is 0.508 e. The van der Waals surface area contributed by atoms with Gasteiger partial charge in [-0.15, -0.1) is 0 Å². The van der Waals surface area contributed by atoms with Crippen LogP contribution in [0.5, 0.6) is 11.5 Å². The molecular weight excluding hydrogens is 456 g/mol. The number of hydrogen-bond acceptors (Lipinski definition) is 3. The van der Waals surface area contributed by atoms with E-state index in [0.29, 0.717) is 11.3 Å². The summed E-state index contributed by atoms with van der Waals surface area (Å²) < 4.78 is 5.90. The maximum atomic E-state index is 12.9. The zero-order valence-corrected chi connectivity index (χ0v) is 20.7. The molecule has 3 heteroatoms. The van der Waals surface area contributed by atoms with Crippen LogP contribution in [0.25, 0.3) is 11.1 Å². The summed E-state index contributed by atoms with van der Waals surface area (Å²) in [6, 6.07) is 37.8. The number of carbonyl (C=O) groups excluding carboxylic acids is 1. The Bertz CT molecular complexity index is 1560. The molecule has 5 aromatic rings. The Labute approximate surface area is 216 Å². The molecule has 0 unspecified atom stereocenters. The number of phenolic OH excluding ortho intramolecular Hbond substituents is 1. The molecule has 0 heterocycles. The number of phenols is 1. The van der Waals surface area contributed by atoms with E-state index in [1.54, 1.807) is 24.3 Å². The van der Waals surface area contributed by atoms with Gasteiger partial charge < -0.3 is 9.84 Å². The highest BCUT2D eigenvalue weighted by Gasteiger charge is 2.46. The smallest absolute Gasteiger partial charge is 0.343 e. The van der Waals surface area contributed by atoms with Crippen molar-refractivity contribution in [2.24, 2.45) is 0 Å². The molecule has 0 spiro atoms. The number of fused-ring (bicyclic) bond motifs is 3. The first kappa shape index (κ1) is 22.8. The van der Waals surface area contributed by atoms with Crippen LogP contribution < -0.4 is 4.74 Å². The van der Waals surface area contributed by atoms with Gasteiger partial charge in [0.2, 0.25) is 0 Å². The molecule has 0 aliphatic heterocycles. The SMILES string of the molecule is Cc1cc(C2(c3ccc(O)cc3)c3ccccc3-c3ccccc32)cc(C)c1OC(=O)c1ccccc1. The van der Waals surface area contributed by atoms with Gasteiger partial charge in [0.1, 0.15) is 11.5 Å². The second-order valence-electron chi connectivity index (χ2n) is 9.58. The summed E-state index contributed by atoms with van der Waals surface area (Å²) in [4.78, 5) is 12.9. The van der Waals surface area contributed by atoms with Crippen molar-refractivity contribution in [1.82, 2.24) is 0 Å². The van der Waals surface area contributed by atoms with Gasteiger partial charge in [-0.2, -0.15) is 0 Å². The van der Waals surface area contributed by atoms with E-state index >= 15 is 0 Å². The van der Waals surface area contributed by atoms with E-state index in [4.69, 9.17) is 4.74 Å². The van der Waals surface area contributed by atoms with Gasteiger partial charge in [-0.3, -0.25) is 0 Å². The quantitative estimate of drug-likeness (QED) is 0.208. The number of aryl methyl sites for hydroxylation is 2. The Morgan fingerprint density at radius 2 is 1.16 bits per heavy atom. The highest BCUT2D eigenvalue weighted by atomic mass is 16.5. The first-order valence-corrected chi connectivity index (χ1v) is 12.4. The number of esters is 1. The lowest BCUT2D eigenvalue weighted by Gasteiger charge is -2.34. The van der Waals surface area contributed by atoms with Crippen molar-refractivity contribution in [3.63, 3.8) is 0 Å². The van der Waals surface area contributed by atoms with E-state index in [1.165, 1.54) is 22.3 Å². The Hall–Kier alpha value is -4.63. The minimum Gasteiger partial charge on any atom is -0.508 e. The monoisotopic (exact) mass is 482 g/mol. The van der Waals surface area contributed by atoms with Gasteiger partial charge >= 0.3 is 5.97 Å². The van der Waals surface area contributed by atoms with Crippen LogP contribution in [0.15, 0.2) is 115 Å². The first-order chi connectivity index (χ1) is 18.0. The topological polar surface area (TPSA) is 46.5 Å². The number of ether oxygens (including phenoxy) is 1. The molecule has 1 aliphatic rings. The fraction of sp³-hybridized carbons (Fsp3) is 0.0882. The molecule has 0 saturated carbocycles. The lowest BCUT2D eigenvalue weighted by atomic mass is 9.67. The first-order valence-electron chi connectivity index (χ1n) is 12.4. The lowest BCUT2D eigenvalue weighted by Crippen LogP contribution is -2.29. The van der Waals surface area contributed by atoms with Gasteiger partial charge in [-0.25, -0.2) is 4.79 Å². The Morgan fingerprint density at radius 3 is 1.73 bits per heavy atom. The second kappa shape index (κ2) is 8.79. The van der Waals surface area contributed by atoms with Crippen LogP contribution in [-0.2, 0) is 5.41 Å². The molecule has 3 nitrogen and oxygen atoms in total. The second-order valence-corrected chi connectivity index (χ2v) is 9.58. The highest BCUT2D eigenvalue weighted by Crippen LogP contribution is 2.56. The zero-order valence-electron chi connectivity index (χ0n) is 20.7. The molecule has 0 radical (unpaired) electrons. The zero-order chi connectivity index (χ0) is 25.6. The fourth-order valence-electron chi connectivity index (χ4n) is 5.79. The van der Waals surface area contributed by atoms with E-state index in [-0.39, 0.29) is 11.7 Å². The van der Waals surface area contributed by atoms with Gasteiger partial charge in [0.05, 0.1) is 11.0 Å². The van der Waals surface area contributed by atoms with Crippen LogP contribution in [0.2, 0.25) is 0 Å². The Morgan fingerprint density at radius 1 is 0.649 bits per heavy atom. The van der Waals surface area contributed by atoms with Gasteiger partial charge in [0.25, 0.3) is 0 Å². The molecule has 0 atom stereocenters. The van der Waals surface area contributed by atoms with Crippen molar-refractivity contribution in [2.45, 2.75) is 19.3 Å². The van der Waals surface area contributed by atoms with Crippen LogP contribution in [0, 0.1) is 13.8 Å². The summed E-state index contributed by atoms with van der Waals surface area (Å²) >= 11 is 0. The third-order valence-corrected chi connectivity index (χ3v) is 7.35. The summed E-state index contributed by atoms with van der Waals surface area (Å²) in [6.07, 6.45) is 0. The van der Waals surface area contributed by atoms with E-state index in [9.17, 15) is 9.90 Å². The molecule has 6 rings (SSSR count). The summed E-state index contributed by atoms with van der Waals surface area (Å²) in [7, 11) is 0. The molecule has 0 saturated heterocycles. The van der Waals surface area contributed by atoms with Crippen molar-refractivity contribution < 1.29 is 14.6 Å². The molecule has 0 fully saturated rings. The van der Waals surface area contributed by atoms with Crippen molar-refractivity contribution >= 4 is 5.97 Å². The number of carbonyl (C=O) groups is 1. The fourth-order valence-corrected chi connectivity index (χ4v) is 5.79. The van der Waals surface area contributed by atoms with Gasteiger partial charge in [0, 0.05) is 0 Å². The van der Waals surface area contributed by atoms with Crippen LogP contribution >= 0.6 is 0 Å². The van der Waals surface area contributed by atoms with Crippen LogP contribution in [0.1, 0.15) is 43.7 Å². The Balaban J connectivity index is 1.58. The maximum absolute atomic E-state index is 12.9. The molecular formula is C34H26O3.